The molecule has 0 radical (unpaired) electrons. The maximum atomic E-state index is 12.8. The average molecular weight is 875 g/mol. The highest BCUT2D eigenvalue weighted by Crippen LogP contribution is 2.13. The van der Waals surface area contributed by atoms with Gasteiger partial charge in [0.25, 0.3) is 0 Å². The molecule has 0 aromatic rings. The summed E-state index contributed by atoms with van der Waals surface area (Å²) in [4.78, 5) is 37.9. The van der Waals surface area contributed by atoms with Gasteiger partial charge in [0.2, 0.25) is 0 Å². The van der Waals surface area contributed by atoms with E-state index in [1.807, 2.05) is 0 Å². The first-order valence-electron chi connectivity index (χ1n) is 25.7. The van der Waals surface area contributed by atoms with Gasteiger partial charge < -0.3 is 14.2 Å². The molecular formula is C57H94O6. The first-order valence-corrected chi connectivity index (χ1v) is 25.7. The molecule has 0 rings (SSSR count). The van der Waals surface area contributed by atoms with E-state index in [4.69, 9.17) is 14.2 Å². The highest BCUT2D eigenvalue weighted by Gasteiger charge is 2.19. The zero-order chi connectivity index (χ0) is 45.8. The van der Waals surface area contributed by atoms with Crippen molar-refractivity contribution in [1.29, 1.82) is 0 Å². The van der Waals surface area contributed by atoms with E-state index in [0.29, 0.717) is 19.3 Å². The SMILES string of the molecule is CC/C=C\C/C=C\C/C=C\C/C=C\CCCCCCC(=O)OC[C@H](COC(=O)CCCCCCC/C=C\CCCC)OC(=O)CCCCCC/C=C\C/C=C\C/C=C\CCCCC. The van der Waals surface area contributed by atoms with Gasteiger partial charge in [-0.05, 0) is 116 Å². The summed E-state index contributed by atoms with van der Waals surface area (Å²) >= 11 is 0. The molecule has 0 saturated carbocycles. The van der Waals surface area contributed by atoms with Gasteiger partial charge in [0.05, 0.1) is 0 Å². The summed E-state index contributed by atoms with van der Waals surface area (Å²) < 4.78 is 16.7. The summed E-state index contributed by atoms with van der Waals surface area (Å²) in [6, 6.07) is 0. The van der Waals surface area contributed by atoms with Crippen molar-refractivity contribution < 1.29 is 28.6 Å². The molecular weight excluding hydrogens is 781 g/mol. The van der Waals surface area contributed by atoms with Crippen molar-refractivity contribution in [3.63, 3.8) is 0 Å². The lowest BCUT2D eigenvalue weighted by atomic mass is 10.1. The number of allylic oxidation sites excluding steroid dienone is 16. The molecule has 0 bridgehead atoms. The van der Waals surface area contributed by atoms with Crippen LogP contribution in [-0.2, 0) is 28.6 Å². The fourth-order valence-electron chi connectivity index (χ4n) is 6.65. The van der Waals surface area contributed by atoms with E-state index >= 15 is 0 Å². The first-order chi connectivity index (χ1) is 31.0. The molecule has 6 heteroatoms. The van der Waals surface area contributed by atoms with Crippen LogP contribution in [0.2, 0.25) is 0 Å². The zero-order valence-electron chi connectivity index (χ0n) is 40.8. The third-order valence-electron chi connectivity index (χ3n) is 10.5. The molecule has 0 aliphatic rings. The Morgan fingerprint density at radius 3 is 1.03 bits per heavy atom. The third-order valence-corrected chi connectivity index (χ3v) is 10.5. The summed E-state index contributed by atoms with van der Waals surface area (Å²) in [5.74, 6) is -0.960. The Morgan fingerprint density at radius 2 is 0.635 bits per heavy atom. The summed E-state index contributed by atoms with van der Waals surface area (Å²) in [7, 11) is 0. The lowest BCUT2D eigenvalue weighted by molar-refractivity contribution is -0.167. The lowest BCUT2D eigenvalue weighted by Crippen LogP contribution is -2.30. The Morgan fingerprint density at radius 1 is 0.333 bits per heavy atom. The van der Waals surface area contributed by atoms with Gasteiger partial charge in [-0.1, -0.05) is 189 Å². The summed E-state index contributed by atoms with van der Waals surface area (Å²) in [6.45, 7) is 6.40. The second-order valence-electron chi connectivity index (χ2n) is 16.7. The van der Waals surface area contributed by atoms with Crippen molar-refractivity contribution in [3.8, 4) is 0 Å². The Bertz CT molecular complexity index is 1280. The number of rotatable bonds is 45. The Balaban J connectivity index is 4.48. The van der Waals surface area contributed by atoms with Gasteiger partial charge in [-0.25, -0.2) is 0 Å². The average Bonchev–Trinajstić information content (AvgIpc) is 3.28. The largest absolute Gasteiger partial charge is 0.462 e. The van der Waals surface area contributed by atoms with E-state index in [0.717, 1.165) is 135 Å². The molecule has 0 amide bonds. The normalized spacial score (nSPS) is 12.9. The standard InChI is InChI=1S/C57H94O6/c1-4-7-10-13-16-19-22-24-26-28-30-32-35-38-41-44-47-50-56(59)62-53-54(52-61-55(58)49-46-43-40-37-34-21-18-15-12-9-6-3)63-57(60)51-48-45-42-39-36-33-31-29-27-25-23-20-17-14-11-8-5-2/h7,10,15-20,24-27,30-33,54H,4-6,8-9,11-14,21-23,28-29,34-53H2,1-3H3/b10-7-,18-15-,19-16-,20-17-,26-24-,27-25-,32-30-,33-31-/t54-/m0/s1. The summed E-state index contributed by atoms with van der Waals surface area (Å²) in [5.41, 5.74) is 0. The van der Waals surface area contributed by atoms with Crippen LogP contribution in [0.15, 0.2) is 97.2 Å². The quantitative estimate of drug-likeness (QED) is 0.0262. The van der Waals surface area contributed by atoms with E-state index in [9.17, 15) is 14.4 Å². The van der Waals surface area contributed by atoms with Crippen LogP contribution in [0.4, 0.5) is 0 Å². The molecule has 63 heavy (non-hydrogen) atoms. The van der Waals surface area contributed by atoms with Crippen LogP contribution in [0.25, 0.3) is 0 Å². The number of hydrogen-bond acceptors (Lipinski definition) is 6. The molecule has 0 aliphatic heterocycles. The maximum absolute atomic E-state index is 12.8. The van der Waals surface area contributed by atoms with Gasteiger partial charge >= 0.3 is 17.9 Å². The van der Waals surface area contributed by atoms with E-state index < -0.39 is 6.10 Å². The number of unbranched alkanes of at least 4 members (excludes halogenated alkanes) is 18. The number of hydrogen-bond donors (Lipinski definition) is 0. The Kier molecular flexibility index (Phi) is 48.0. The van der Waals surface area contributed by atoms with Crippen molar-refractivity contribution >= 4 is 17.9 Å². The number of ether oxygens (including phenoxy) is 3. The van der Waals surface area contributed by atoms with Gasteiger partial charge in [-0.3, -0.25) is 14.4 Å². The smallest absolute Gasteiger partial charge is 0.306 e. The maximum Gasteiger partial charge on any atom is 0.306 e. The second kappa shape index (κ2) is 51.0. The van der Waals surface area contributed by atoms with Crippen LogP contribution in [-0.4, -0.2) is 37.2 Å². The summed E-state index contributed by atoms with van der Waals surface area (Å²) in [6.07, 6.45) is 66.7. The van der Waals surface area contributed by atoms with E-state index in [1.54, 1.807) is 0 Å². The van der Waals surface area contributed by atoms with Gasteiger partial charge in [0, 0.05) is 19.3 Å². The van der Waals surface area contributed by atoms with Crippen molar-refractivity contribution in [3.05, 3.63) is 97.2 Å². The molecule has 6 nitrogen and oxygen atoms in total. The van der Waals surface area contributed by atoms with E-state index in [-0.39, 0.29) is 31.1 Å². The molecule has 0 unspecified atom stereocenters. The van der Waals surface area contributed by atoms with Crippen LogP contribution in [0, 0.1) is 0 Å². The molecule has 0 N–H and O–H groups in total. The van der Waals surface area contributed by atoms with Crippen LogP contribution in [0.5, 0.6) is 0 Å². The Hall–Kier alpha value is -3.67. The molecule has 0 aromatic heterocycles. The van der Waals surface area contributed by atoms with Gasteiger partial charge in [-0.2, -0.15) is 0 Å². The fraction of sp³-hybridized carbons (Fsp3) is 0.667. The van der Waals surface area contributed by atoms with Crippen LogP contribution in [0.3, 0.4) is 0 Å². The molecule has 0 fully saturated rings. The van der Waals surface area contributed by atoms with Crippen LogP contribution < -0.4 is 0 Å². The topological polar surface area (TPSA) is 78.9 Å². The fourth-order valence-corrected chi connectivity index (χ4v) is 6.65. The van der Waals surface area contributed by atoms with Gasteiger partial charge in [0.15, 0.2) is 6.10 Å². The van der Waals surface area contributed by atoms with Crippen molar-refractivity contribution in [1.82, 2.24) is 0 Å². The van der Waals surface area contributed by atoms with Crippen molar-refractivity contribution in [2.24, 2.45) is 0 Å². The van der Waals surface area contributed by atoms with Gasteiger partial charge in [-0.15, -0.1) is 0 Å². The minimum Gasteiger partial charge on any atom is -0.462 e. The monoisotopic (exact) mass is 875 g/mol. The highest BCUT2D eigenvalue weighted by atomic mass is 16.6. The van der Waals surface area contributed by atoms with Crippen molar-refractivity contribution in [2.45, 2.75) is 232 Å². The van der Waals surface area contributed by atoms with E-state index in [1.165, 1.54) is 51.4 Å². The molecule has 1 atom stereocenters. The minimum absolute atomic E-state index is 0.100. The first kappa shape index (κ1) is 59.3. The van der Waals surface area contributed by atoms with Gasteiger partial charge in [0.1, 0.15) is 13.2 Å². The van der Waals surface area contributed by atoms with Crippen molar-refractivity contribution in [2.75, 3.05) is 13.2 Å². The predicted octanol–water partition coefficient (Wildman–Crippen LogP) is 17.0. The summed E-state index contributed by atoms with van der Waals surface area (Å²) in [5, 5.41) is 0. The molecule has 0 aromatic carbocycles. The molecule has 0 saturated heterocycles. The van der Waals surface area contributed by atoms with E-state index in [2.05, 4.69) is 118 Å². The zero-order valence-corrected chi connectivity index (χ0v) is 40.8. The number of carbonyl (C=O) groups excluding carboxylic acids is 3. The number of esters is 3. The molecule has 0 heterocycles. The second-order valence-corrected chi connectivity index (χ2v) is 16.7. The lowest BCUT2D eigenvalue weighted by Gasteiger charge is -2.18. The predicted molar refractivity (Wildman–Crippen MR) is 270 cm³/mol. The number of carbonyl (C=O) groups is 3. The van der Waals surface area contributed by atoms with Crippen LogP contribution in [0.1, 0.15) is 226 Å². The third kappa shape index (κ3) is 49.2. The molecule has 0 spiro atoms. The highest BCUT2D eigenvalue weighted by molar-refractivity contribution is 5.71. The molecule has 0 aliphatic carbocycles. The van der Waals surface area contributed by atoms with Crippen LogP contribution >= 0.6 is 0 Å². The Labute approximate surface area is 387 Å². The minimum atomic E-state index is -0.803. The molecule has 358 valence electrons.